The number of hydroxylamine groups is 2. The van der Waals surface area contributed by atoms with Crippen LogP contribution >= 0.6 is 0 Å². The first-order chi connectivity index (χ1) is 16.1. The van der Waals surface area contributed by atoms with E-state index in [9.17, 15) is 9.59 Å². The van der Waals surface area contributed by atoms with Crippen molar-refractivity contribution < 1.29 is 28.9 Å². The van der Waals surface area contributed by atoms with Gasteiger partial charge in [-0.15, -0.1) is 4.99 Å². The number of carbonyl (C=O) groups is 2. The molecular formula is C25H46N2O6. The highest BCUT2D eigenvalue weighted by molar-refractivity contribution is 5.75. The monoisotopic (exact) mass is 470 g/mol. The molecule has 2 unspecified atom stereocenters. The van der Waals surface area contributed by atoms with Crippen molar-refractivity contribution in [2.24, 2.45) is 0 Å². The van der Waals surface area contributed by atoms with Crippen LogP contribution in [0.3, 0.4) is 0 Å². The summed E-state index contributed by atoms with van der Waals surface area (Å²) >= 11 is 0. The third kappa shape index (κ3) is 15.3. The van der Waals surface area contributed by atoms with Crippen LogP contribution in [0.15, 0.2) is 0 Å². The molecule has 0 aromatic carbocycles. The van der Waals surface area contributed by atoms with Crippen molar-refractivity contribution in [3.05, 3.63) is 0 Å². The van der Waals surface area contributed by atoms with Crippen molar-refractivity contribution in [2.45, 2.75) is 115 Å². The van der Waals surface area contributed by atoms with Crippen LogP contribution in [-0.4, -0.2) is 68.0 Å². The van der Waals surface area contributed by atoms with E-state index in [1.165, 1.54) is 62.7 Å². The van der Waals surface area contributed by atoms with Crippen molar-refractivity contribution in [1.82, 2.24) is 9.96 Å². The van der Waals surface area contributed by atoms with Crippen molar-refractivity contribution in [3.8, 4) is 0 Å². The molecule has 33 heavy (non-hydrogen) atoms. The van der Waals surface area contributed by atoms with Crippen molar-refractivity contribution in [1.29, 1.82) is 0 Å². The summed E-state index contributed by atoms with van der Waals surface area (Å²) in [6.07, 6.45) is 18.0. The van der Waals surface area contributed by atoms with Crippen LogP contribution in [0.4, 0.5) is 0 Å². The molecule has 0 N–H and O–H groups in total. The van der Waals surface area contributed by atoms with E-state index in [1.54, 1.807) is 14.1 Å². The normalized spacial score (nSPS) is 18.8. The number of hydrogen-bond acceptors (Lipinski definition) is 6. The zero-order valence-corrected chi connectivity index (χ0v) is 20.9. The van der Waals surface area contributed by atoms with E-state index in [0.717, 1.165) is 50.4 Å². The lowest BCUT2D eigenvalue weighted by Crippen LogP contribution is -2.32. The quantitative estimate of drug-likeness (QED) is 0.0745. The maximum atomic E-state index is 12.2. The van der Waals surface area contributed by atoms with Crippen LogP contribution in [-0.2, 0) is 28.9 Å². The summed E-state index contributed by atoms with van der Waals surface area (Å²) in [6, 6.07) is 0. The van der Waals surface area contributed by atoms with Crippen LogP contribution in [0, 0.1) is 0 Å². The minimum Gasteiger partial charge on any atom is -0.373 e. The van der Waals surface area contributed by atoms with Gasteiger partial charge in [0.25, 0.3) is 0 Å². The molecule has 0 aromatic heterocycles. The number of nitrogens with zero attached hydrogens (tertiary/aromatic N) is 2. The fraction of sp³-hybridized carbons (Fsp3) is 0.920. The minimum absolute atomic E-state index is 0.00554. The molecule has 2 fully saturated rings. The Morgan fingerprint density at radius 1 is 0.697 bits per heavy atom. The number of hydrogen-bond donors (Lipinski definition) is 0. The summed E-state index contributed by atoms with van der Waals surface area (Å²) in [5, 5.41) is 1.11. The van der Waals surface area contributed by atoms with Gasteiger partial charge in [-0.3, -0.25) is 9.59 Å². The van der Waals surface area contributed by atoms with Crippen molar-refractivity contribution >= 4 is 11.8 Å². The molecule has 2 aliphatic heterocycles. The van der Waals surface area contributed by atoms with E-state index in [-0.39, 0.29) is 18.5 Å². The van der Waals surface area contributed by atoms with Gasteiger partial charge in [-0.25, -0.2) is 0 Å². The Balaban J connectivity index is 1.34. The molecule has 2 heterocycles. The second-order valence-electron chi connectivity index (χ2n) is 9.54. The van der Waals surface area contributed by atoms with E-state index in [2.05, 4.69) is 0 Å². The number of amides is 2. The fourth-order valence-electron chi connectivity index (χ4n) is 3.82. The lowest BCUT2D eigenvalue weighted by Gasteiger charge is -2.19. The predicted octanol–water partition coefficient (Wildman–Crippen LogP) is 4.76. The molecule has 2 atom stereocenters. The number of carbonyl (C=O) groups excluding carboxylic acids is 2. The standard InChI is InChI=1S/C25H46N2O6/c1-26(24(28)17-13-9-5-3-7-11-15-22-19-30-22)21-32-33-27(2)25(29)18-14-10-6-4-8-12-16-23-20-31-23/h22-23H,3-21H2,1-2H3. The molecule has 0 bridgehead atoms. The molecule has 0 spiro atoms. The fourth-order valence-corrected chi connectivity index (χ4v) is 3.82. The van der Waals surface area contributed by atoms with Crippen molar-refractivity contribution in [3.63, 3.8) is 0 Å². The van der Waals surface area contributed by atoms with Crippen LogP contribution in [0.2, 0.25) is 0 Å². The predicted molar refractivity (Wildman–Crippen MR) is 126 cm³/mol. The number of unbranched alkanes of at least 4 members (excludes halogenated alkanes) is 10. The molecule has 2 saturated heterocycles. The van der Waals surface area contributed by atoms with Gasteiger partial charge in [0.1, 0.15) is 0 Å². The summed E-state index contributed by atoms with van der Waals surface area (Å²) in [5.74, 6) is -0.0809. The van der Waals surface area contributed by atoms with Gasteiger partial charge in [-0.1, -0.05) is 64.2 Å². The molecule has 8 heteroatoms. The molecular weight excluding hydrogens is 424 g/mol. The van der Waals surface area contributed by atoms with Crippen molar-refractivity contribution in [2.75, 3.05) is 34.0 Å². The molecule has 0 aliphatic carbocycles. The van der Waals surface area contributed by atoms with Gasteiger partial charge in [0.2, 0.25) is 11.8 Å². The van der Waals surface area contributed by atoms with Crippen LogP contribution in [0.25, 0.3) is 0 Å². The Hall–Kier alpha value is -1.22. The topological polar surface area (TPSA) is 84.1 Å². The molecule has 2 aliphatic rings. The first-order valence-electron chi connectivity index (χ1n) is 13.1. The minimum atomic E-state index is -0.112. The molecule has 8 nitrogen and oxygen atoms in total. The van der Waals surface area contributed by atoms with E-state index < -0.39 is 0 Å². The molecule has 0 saturated carbocycles. The Morgan fingerprint density at radius 3 is 1.61 bits per heavy atom. The lowest BCUT2D eigenvalue weighted by atomic mass is 10.1. The second kappa shape index (κ2) is 17.2. The SMILES string of the molecule is CN(COON(C)C(=O)CCCCCCCCC1CO1)C(=O)CCCCCCCCC1CO1. The molecule has 2 rings (SSSR count). The first-order valence-corrected chi connectivity index (χ1v) is 13.1. The van der Waals surface area contributed by atoms with Gasteiger partial charge in [0.15, 0.2) is 6.73 Å². The molecule has 192 valence electrons. The summed E-state index contributed by atoms with van der Waals surface area (Å²) < 4.78 is 10.4. The number of rotatable bonds is 22. The molecule has 0 radical (unpaired) electrons. The Kier molecular flexibility index (Phi) is 14.6. The summed E-state index contributed by atoms with van der Waals surface area (Å²) in [6.45, 7) is 1.91. The highest BCUT2D eigenvalue weighted by Crippen LogP contribution is 2.19. The van der Waals surface area contributed by atoms with Gasteiger partial charge in [0, 0.05) is 26.9 Å². The summed E-state index contributed by atoms with van der Waals surface area (Å²) in [7, 11) is 3.23. The largest absolute Gasteiger partial charge is 0.373 e. The summed E-state index contributed by atoms with van der Waals surface area (Å²) in [4.78, 5) is 35.9. The lowest BCUT2D eigenvalue weighted by molar-refractivity contribution is -0.413. The van der Waals surface area contributed by atoms with Crippen LogP contribution < -0.4 is 0 Å². The van der Waals surface area contributed by atoms with E-state index in [4.69, 9.17) is 19.3 Å². The average molecular weight is 471 g/mol. The Morgan fingerprint density at radius 2 is 1.12 bits per heavy atom. The van der Waals surface area contributed by atoms with E-state index in [0.29, 0.717) is 25.0 Å². The summed E-state index contributed by atoms with van der Waals surface area (Å²) in [5.41, 5.74) is 0. The van der Waals surface area contributed by atoms with Crippen LogP contribution in [0.1, 0.15) is 103 Å². The highest BCUT2D eigenvalue weighted by Gasteiger charge is 2.21. The van der Waals surface area contributed by atoms with Gasteiger partial charge in [-0.2, -0.15) is 9.95 Å². The first kappa shape index (κ1) is 28.0. The van der Waals surface area contributed by atoms with E-state index >= 15 is 0 Å². The number of epoxide rings is 2. The highest BCUT2D eigenvalue weighted by atomic mass is 17.3. The smallest absolute Gasteiger partial charge is 0.248 e. The maximum absolute atomic E-state index is 12.2. The van der Waals surface area contributed by atoms with Gasteiger partial charge in [0.05, 0.1) is 25.4 Å². The Labute approximate surface area is 200 Å². The Bertz CT molecular complexity index is 493. The van der Waals surface area contributed by atoms with E-state index in [1.807, 2.05) is 0 Å². The number of ether oxygens (including phenoxy) is 2. The maximum Gasteiger partial charge on any atom is 0.248 e. The molecule has 0 aromatic rings. The van der Waals surface area contributed by atoms with Gasteiger partial charge < -0.3 is 14.4 Å². The van der Waals surface area contributed by atoms with Gasteiger partial charge >= 0.3 is 0 Å². The third-order valence-electron chi connectivity index (χ3n) is 6.33. The zero-order valence-electron chi connectivity index (χ0n) is 20.9. The second-order valence-corrected chi connectivity index (χ2v) is 9.54. The van der Waals surface area contributed by atoms with Gasteiger partial charge in [-0.05, 0) is 25.7 Å². The average Bonchev–Trinajstić information content (AvgIpc) is 3.72. The third-order valence-corrected chi connectivity index (χ3v) is 6.33. The zero-order chi connectivity index (χ0) is 23.7. The molecule has 2 amide bonds. The van der Waals surface area contributed by atoms with Crippen LogP contribution in [0.5, 0.6) is 0 Å².